The van der Waals surface area contributed by atoms with Gasteiger partial charge in [0.1, 0.15) is 35.1 Å². The summed E-state index contributed by atoms with van der Waals surface area (Å²) in [6.45, 7) is 0.421. The Morgan fingerprint density at radius 3 is 2.60 bits per heavy atom. The molecule has 0 amide bonds. The van der Waals surface area contributed by atoms with Crippen molar-refractivity contribution in [2.24, 2.45) is 5.92 Å². The van der Waals surface area contributed by atoms with Crippen molar-refractivity contribution in [3.05, 3.63) is 47.7 Å². The number of hydrogen-bond acceptors (Lipinski definition) is 7. The van der Waals surface area contributed by atoms with Crippen molar-refractivity contribution in [3.63, 3.8) is 0 Å². The molecule has 1 fully saturated rings. The molecular formula is C22H22F4N4O4S. The Morgan fingerprint density at radius 1 is 1.17 bits per heavy atom. The van der Waals surface area contributed by atoms with Crippen LogP contribution in [0.3, 0.4) is 0 Å². The van der Waals surface area contributed by atoms with Gasteiger partial charge in [-0.1, -0.05) is 6.07 Å². The van der Waals surface area contributed by atoms with Gasteiger partial charge in [-0.3, -0.25) is 0 Å². The Morgan fingerprint density at radius 2 is 1.91 bits per heavy atom. The molecule has 0 saturated carbocycles. The van der Waals surface area contributed by atoms with Gasteiger partial charge in [-0.25, -0.2) is 22.8 Å². The Hall–Kier alpha value is -2.93. The van der Waals surface area contributed by atoms with Crippen LogP contribution in [0, 0.1) is 11.7 Å². The maximum absolute atomic E-state index is 13.9. The molecule has 2 aliphatic heterocycles. The number of ether oxygens (including phenoxy) is 2. The number of H-pyrrole nitrogens is 1. The van der Waals surface area contributed by atoms with E-state index in [4.69, 9.17) is 9.47 Å². The molecule has 0 bridgehead atoms. The summed E-state index contributed by atoms with van der Waals surface area (Å²) in [4.78, 5) is 10.3. The quantitative estimate of drug-likeness (QED) is 0.509. The van der Waals surface area contributed by atoms with E-state index in [9.17, 15) is 26.0 Å². The molecule has 0 aliphatic carbocycles. The summed E-state index contributed by atoms with van der Waals surface area (Å²) in [6, 6.07) is 4.06. The number of nitrogens with zero attached hydrogens (tertiary/aromatic N) is 2. The standard InChI is InChI=1S/C22H22F4N4O4S/c1-35(31,32)21(4-6-33-7-5-21)15-10-34-16-8-12(23)2-3-13(16)18(15)30-20-14-9-17(22(24,25)26)29-19(14)27-11-28-20/h2-3,8-9,11,15,18H,4-7,10H2,1H3,(H2,27,28,29,30). The number of hydrogen-bond donors (Lipinski definition) is 2. The van der Waals surface area contributed by atoms with Crippen LogP contribution in [-0.2, 0) is 20.8 Å². The van der Waals surface area contributed by atoms with Gasteiger partial charge < -0.3 is 19.8 Å². The fourth-order valence-corrected chi connectivity index (χ4v) is 6.77. The first-order valence-corrected chi connectivity index (χ1v) is 12.8. The van der Waals surface area contributed by atoms with Crippen molar-refractivity contribution < 1.29 is 35.5 Å². The van der Waals surface area contributed by atoms with E-state index in [1.807, 2.05) is 0 Å². The van der Waals surface area contributed by atoms with Crippen molar-refractivity contribution in [3.8, 4) is 5.75 Å². The van der Waals surface area contributed by atoms with Gasteiger partial charge in [0.25, 0.3) is 0 Å². The molecule has 188 valence electrons. The van der Waals surface area contributed by atoms with E-state index in [0.29, 0.717) is 5.56 Å². The van der Waals surface area contributed by atoms with Crippen molar-refractivity contribution in [2.75, 3.05) is 31.4 Å². The first kappa shape index (κ1) is 23.8. The van der Waals surface area contributed by atoms with Gasteiger partial charge in [-0.05, 0) is 25.0 Å². The number of fused-ring (bicyclic) bond motifs is 2. The molecule has 2 atom stereocenters. The molecule has 1 saturated heterocycles. The number of nitrogens with one attached hydrogen (secondary N) is 2. The van der Waals surface area contributed by atoms with Crippen LogP contribution in [0.25, 0.3) is 11.0 Å². The molecule has 2 aliphatic rings. The average Bonchev–Trinajstić information content (AvgIpc) is 3.25. The zero-order chi connectivity index (χ0) is 25.0. The molecule has 5 rings (SSSR count). The van der Waals surface area contributed by atoms with Gasteiger partial charge in [0.15, 0.2) is 9.84 Å². The van der Waals surface area contributed by atoms with Crippen molar-refractivity contribution in [1.82, 2.24) is 15.0 Å². The Balaban J connectivity index is 1.64. The molecule has 3 aromatic rings. The van der Waals surface area contributed by atoms with E-state index in [-0.39, 0.29) is 55.3 Å². The number of benzene rings is 1. The number of anilines is 1. The van der Waals surface area contributed by atoms with Gasteiger partial charge >= 0.3 is 6.18 Å². The number of aromatic amines is 1. The topological polar surface area (TPSA) is 106 Å². The third-order valence-electron chi connectivity index (χ3n) is 6.91. The molecule has 13 heteroatoms. The molecule has 1 aromatic carbocycles. The van der Waals surface area contributed by atoms with Crippen LogP contribution in [0.5, 0.6) is 5.75 Å². The minimum Gasteiger partial charge on any atom is -0.493 e. The summed E-state index contributed by atoms with van der Waals surface area (Å²) in [5.74, 6) is -0.880. The smallest absolute Gasteiger partial charge is 0.431 e. The van der Waals surface area contributed by atoms with Crippen molar-refractivity contribution >= 4 is 26.7 Å². The summed E-state index contributed by atoms with van der Waals surface area (Å²) in [7, 11) is -3.64. The Kier molecular flexibility index (Phi) is 5.66. The maximum Gasteiger partial charge on any atom is 0.431 e. The number of sulfone groups is 1. The normalized spacial score (nSPS) is 22.4. The second kappa shape index (κ2) is 8.33. The molecule has 0 radical (unpaired) electrons. The molecule has 2 N–H and O–H groups in total. The third-order valence-corrected chi connectivity index (χ3v) is 9.10. The summed E-state index contributed by atoms with van der Waals surface area (Å²) < 4.78 is 90.2. The number of halogens is 4. The molecule has 2 unspecified atom stereocenters. The van der Waals surface area contributed by atoms with Gasteiger partial charge in [-0.15, -0.1) is 0 Å². The summed E-state index contributed by atoms with van der Waals surface area (Å²) in [5, 5.41) is 3.25. The van der Waals surface area contributed by atoms with Gasteiger partial charge in [-0.2, -0.15) is 13.2 Å². The van der Waals surface area contributed by atoms with E-state index in [1.54, 1.807) is 0 Å². The summed E-state index contributed by atoms with van der Waals surface area (Å²) in [5.41, 5.74) is -0.531. The highest BCUT2D eigenvalue weighted by molar-refractivity contribution is 7.92. The molecular weight excluding hydrogens is 492 g/mol. The van der Waals surface area contributed by atoms with Crippen LogP contribution in [0.15, 0.2) is 30.6 Å². The number of alkyl halides is 3. The highest BCUT2D eigenvalue weighted by Gasteiger charge is 2.54. The van der Waals surface area contributed by atoms with E-state index >= 15 is 0 Å². The van der Waals surface area contributed by atoms with Crippen molar-refractivity contribution in [1.29, 1.82) is 0 Å². The van der Waals surface area contributed by atoms with Gasteiger partial charge in [0.05, 0.1) is 22.8 Å². The second-order valence-electron chi connectivity index (χ2n) is 8.84. The van der Waals surface area contributed by atoms with Crippen LogP contribution in [0.4, 0.5) is 23.4 Å². The maximum atomic E-state index is 13.9. The predicted molar refractivity (Wildman–Crippen MR) is 118 cm³/mol. The predicted octanol–water partition coefficient (Wildman–Crippen LogP) is 3.87. The fraction of sp³-hybridized carbons (Fsp3) is 0.455. The van der Waals surface area contributed by atoms with Gasteiger partial charge in [0.2, 0.25) is 0 Å². The van der Waals surface area contributed by atoms with Gasteiger partial charge in [0, 0.05) is 37.0 Å². The monoisotopic (exact) mass is 514 g/mol. The molecule has 8 nitrogen and oxygen atoms in total. The largest absolute Gasteiger partial charge is 0.493 e. The van der Waals surface area contributed by atoms with Crippen LogP contribution in [-0.4, -0.2) is 54.2 Å². The minimum atomic E-state index is -4.62. The van der Waals surface area contributed by atoms with Crippen LogP contribution >= 0.6 is 0 Å². The van der Waals surface area contributed by atoms with Crippen LogP contribution in [0.1, 0.15) is 30.1 Å². The lowest BCUT2D eigenvalue weighted by atomic mass is 9.76. The lowest BCUT2D eigenvalue weighted by Gasteiger charge is -2.47. The molecule has 35 heavy (non-hydrogen) atoms. The van der Waals surface area contributed by atoms with E-state index < -0.39 is 44.2 Å². The van der Waals surface area contributed by atoms with E-state index in [2.05, 4.69) is 20.3 Å². The highest BCUT2D eigenvalue weighted by Crippen LogP contribution is 2.49. The first-order valence-electron chi connectivity index (χ1n) is 10.9. The minimum absolute atomic E-state index is 0.0262. The SMILES string of the molecule is CS(=O)(=O)C1(C2COc3cc(F)ccc3C2Nc2ncnc3[nH]c(C(F)(F)F)cc23)CCOCC1. The lowest BCUT2D eigenvalue weighted by molar-refractivity contribution is -0.140. The number of rotatable bonds is 4. The van der Waals surface area contributed by atoms with E-state index in [1.165, 1.54) is 24.5 Å². The average molecular weight is 515 g/mol. The first-order chi connectivity index (χ1) is 16.5. The Labute approximate surface area is 198 Å². The molecule has 0 spiro atoms. The number of aromatic nitrogens is 3. The fourth-order valence-electron chi connectivity index (χ4n) is 5.10. The van der Waals surface area contributed by atoms with Crippen LogP contribution < -0.4 is 10.1 Å². The summed E-state index contributed by atoms with van der Waals surface area (Å²) in [6.07, 6.45) is -1.90. The van der Waals surface area contributed by atoms with Crippen LogP contribution in [0.2, 0.25) is 0 Å². The van der Waals surface area contributed by atoms with Crippen molar-refractivity contribution in [2.45, 2.75) is 29.8 Å². The summed E-state index contributed by atoms with van der Waals surface area (Å²) >= 11 is 0. The zero-order valence-electron chi connectivity index (χ0n) is 18.5. The zero-order valence-corrected chi connectivity index (χ0v) is 19.3. The molecule has 4 heterocycles. The lowest BCUT2D eigenvalue weighted by Crippen LogP contribution is -2.55. The highest BCUT2D eigenvalue weighted by atomic mass is 32.2. The third kappa shape index (κ3) is 4.10. The Bertz CT molecular complexity index is 1370. The van der Waals surface area contributed by atoms with E-state index in [0.717, 1.165) is 12.4 Å². The molecule has 2 aromatic heterocycles. The second-order valence-corrected chi connectivity index (χ2v) is 11.2.